The van der Waals surface area contributed by atoms with Gasteiger partial charge >= 0.3 is 0 Å². The fourth-order valence-electron chi connectivity index (χ4n) is 7.13. The number of benzene rings is 6. The number of nitrogens with zero attached hydrogens (tertiary/aromatic N) is 8. The lowest BCUT2D eigenvalue weighted by Crippen LogP contribution is -2.02. The molecule has 0 bridgehead atoms. The molecular formula is C40H26N8. The van der Waals surface area contributed by atoms with Crippen molar-refractivity contribution < 1.29 is 0 Å². The van der Waals surface area contributed by atoms with E-state index in [0.29, 0.717) is 0 Å². The van der Waals surface area contributed by atoms with Crippen molar-refractivity contribution in [2.45, 2.75) is 0 Å². The molecule has 226 valence electrons. The predicted molar refractivity (Wildman–Crippen MR) is 190 cm³/mol. The number of hydrogen-bond donors (Lipinski definition) is 0. The third-order valence-electron chi connectivity index (χ3n) is 9.18. The second kappa shape index (κ2) is 10.4. The Morgan fingerprint density at radius 3 is 1.04 bits per heavy atom. The largest absolute Gasteiger partial charge is 0.309 e. The van der Waals surface area contributed by atoms with Crippen molar-refractivity contribution in [3.63, 3.8) is 0 Å². The van der Waals surface area contributed by atoms with Crippen LogP contribution < -0.4 is 0 Å². The molecule has 0 radical (unpaired) electrons. The van der Waals surface area contributed by atoms with Crippen LogP contribution in [0.25, 0.3) is 77.5 Å². The molecule has 4 aromatic heterocycles. The van der Waals surface area contributed by atoms with Crippen LogP contribution in [-0.2, 0) is 0 Å². The predicted octanol–water partition coefficient (Wildman–Crippen LogP) is 8.71. The SMILES string of the molecule is c1ccc2c(c1)c1ccccc1n2-c1cc(-c2cc(-n3cncn3)cc(-n3cncn3)c2)cc(-n2c3ccccc3c3ccccc32)c1. The average molecular weight is 619 g/mol. The standard InChI is InChI=1S/C40H26N8/c1-5-13-37-33(9-1)34-10-2-6-14-38(34)47(37)31-19-28(27-17-29(45-25-41-23-43-45)21-30(18-27)46-26-42-24-44-46)20-32(22-31)48-39-15-7-3-11-35(39)36-12-4-8-16-40(36)48/h1-26H. The second-order valence-electron chi connectivity index (χ2n) is 11.9. The van der Waals surface area contributed by atoms with Gasteiger partial charge in [0, 0.05) is 32.9 Å². The fraction of sp³-hybridized carbons (Fsp3) is 0. The monoisotopic (exact) mass is 618 g/mol. The number of hydrogen-bond acceptors (Lipinski definition) is 4. The minimum Gasteiger partial charge on any atom is -0.309 e. The van der Waals surface area contributed by atoms with E-state index >= 15 is 0 Å². The molecule has 0 atom stereocenters. The zero-order chi connectivity index (χ0) is 31.6. The van der Waals surface area contributed by atoms with E-state index in [9.17, 15) is 0 Å². The van der Waals surface area contributed by atoms with Crippen molar-refractivity contribution in [2.24, 2.45) is 0 Å². The maximum atomic E-state index is 4.45. The van der Waals surface area contributed by atoms with E-state index in [2.05, 4.69) is 157 Å². The number of rotatable bonds is 5. The maximum absolute atomic E-state index is 4.45. The molecule has 0 saturated carbocycles. The summed E-state index contributed by atoms with van der Waals surface area (Å²) < 4.78 is 8.31. The topological polar surface area (TPSA) is 71.3 Å². The van der Waals surface area contributed by atoms with Gasteiger partial charge in [0.1, 0.15) is 25.3 Å². The Balaban J connectivity index is 1.32. The molecule has 8 heteroatoms. The van der Waals surface area contributed by atoms with Crippen molar-refractivity contribution >= 4 is 43.6 Å². The Bertz CT molecular complexity index is 2490. The summed E-state index contributed by atoms with van der Waals surface area (Å²) in [6, 6.07) is 47.7. The molecule has 0 saturated heterocycles. The molecule has 0 aliphatic rings. The van der Waals surface area contributed by atoms with Gasteiger partial charge in [0.05, 0.1) is 33.4 Å². The van der Waals surface area contributed by atoms with Crippen LogP contribution in [0.2, 0.25) is 0 Å². The summed E-state index contributed by atoms with van der Waals surface area (Å²) in [5, 5.41) is 13.8. The van der Waals surface area contributed by atoms with Gasteiger partial charge in [0.25, 0.3) is 0 Å². The Hall–Kier alpha value is -6.80. The molecule has 6 aromatic carbocycles. The normalized spacial score (nSPS) is 11.8. The van der Waals surface area contributed by atoms with Crippen LogP contribution in [0.1, 0.15) is 0 Å². The summed E-state index contributed by atoms with van der Waals surface area (Å²) in [6.07, 6.45) is 6.51. The van der Waals surface area contributed by atoms with Gasteiger partial charge in [-0.25, -0.2) is 19.3 Å². The minimum atomic E-state index is 0.871. The van der Waals surface area contributed by atoms with Gasteiger partial charge in [0.15, 0.2) is 0 Å². The summed E-state index contributed by atoms with van der Waals surface area (Å²) in [7, 11) is 0. The van der Waals surface area contributed by atoms with E-state index in [1.807, 2.05) is 6.07 Å². The van der Waals surface area contributed by atoms with E-state index < -0.39 is 0 Å². The molecule has 0 aliphatic heterocycles. The first-order valence-electron chi connectivity index (χ1n) is 15.8. The molecule has 48 heavy (non-hydrogen) atoms. The van der Waals surface area contributed by atoms with E-state index in [1.165, 1.54) is 21.5 Å². The Labute approximate surface area is 274 Å². The van der Waals surface area contributed by atoms with Gasteiger partial charge < -0.3 is 9.13 Å². The van der Waals surface area contributed by atoms with Gasteiger partial charge in [-0.05, 0) is 71.8 Å². The Kier molecular flexibility index (Phi) is 5.71. The Morgan fingerprint density at radius 1 is 0.354 bits per heavy atom. The molecule has 0 fully saturated rings. The van der Waals surface area contributed by atoms with Crippen LogP contribution >= 0.6 is 0 Å². The van der Waals surface area contributed by atoms with E-state index in [-0.39, 0.29) is 0 Å². The number of aromatic nitrogens is 8. The highest BCUT2D eigenvalue weighted by atomic mass is 15.3. The molecule has 10 aromatic rings. The quantitative estimate of drug-likeness (QED) is 0.193. The lowest BCUT2D eigenvalue weighted by molar-refractivity contribution is 0.855. The smallest absolute Gasteiger partial charge is 0.138 e. The van der Waals surface area contributed by atoms with Gasteiger partial charge in [-0.1, -0.05) is 72.8 Å². The van der Waals surface area contributed by atoms with E-state index in [1.54, 1.807) is 34.7 Å². The van der Waals surface area contributed by atoms with Gasteiger partial charge in [-0.2, -0.15) is 10.2 Å². The third-order valence-corrected chi connectivity index (χ3v) is 9.18. The van der Waals surface area contributed by atoms with Crippen molar-refractivity contribution in [1.29, 1.82) is 0 Å². The lowest BCUT2D eigenvalue weighted by atomic mass is 10.0. The van der Waals surface area contributed by atoms with Gasteiger partial charge in [0.2, 0.25) is 0 Å². The van der Waals surface area contributed by atoms with Crippen LogP contribution in [0.5, 0.6) is 0 Å². The summed E-state index contributed by atoms with van der Waals surface area (Å²) in [5.41, 5.74) is 10.6. The van der Waals surface area contributed by atoms with Crippen molar-refractivity contribution in [2.75, 3.05) is 0 Å². The van der Waals surface area contributed by atoms with Gasteiger partial charge in [-0.3, -0.25) is 0 Å². The summed E-state index contributed by atoms with van der Waals surface area (Å²) >= 11 is 0. The highest BCUT2D eigenvalue weighted by Gasteiger charge is 2.18. The molecular weight excluding hydrogens is 592 g/mol. The number of para-hydroxylation sites is 4. The Morgan fingerprint density at radius 2 is 0.688 bits per heavy atom. The maximum Gasteiger partial charge on any atom is 0.138 e. The summed E-state index contributed by atoms with van der Waals surface area (Å²) in [5.74, 6) is 0. The first-order chi connectivity index (χ1) is 23.8. The molecule has 0 spiro atoms. The van der Waals surface area contributed by atoms with E-state index in [0.717, 1.165) is 55.9 Å². The molecule has 10 rings (SSSR count). The van der Waals surface area contributed by atoms with Crippen LogP contribution in [0, 0.1) is 0 Å². The molecule has 0 N–H and O–H groups in total. The molecule has 0 amide bonds. The van der Waals surface area contributed by atoms with E-state index in [4.69, 9.17) is 0 Å². The summed E-state index contributed by atoms with van der Waals surface area (Å²) in [6.45, 7) is 0. The zero-order valence-corrected chi connectivity index (χ0v) is 25.6. The molecule has 8 nitrogen and oxygen atoms in total. The highest BCUT2D eigenvalue weighted by Crippen LogP contribution is 2.38. The molecule has 0 unspecified atom stereocenters. The van der Waals surface area contributed by atoms with Crippen LogP contribution in [0.4, 0.5) is 0 Å². The second-order valence-corrected chi connectivity index (χ2v) is 11.9. The van der Waals surface area contributed by atoms with Crippen LogP contribution in [-0.4, -0.2) is 38.7 Å². The molecule has 0 aliphatic carbocycles. The van der Waals surface area contributed by atoms with Crippen LogP contribution in [0.15, 0.2) is 159 Å². The zero-order valence-electron chi connectivity index (χ0n) is 25.6. The van der Waals surface area contributed by atoms with Crippen molar-refractivity contribution in [3.8, 4) is 33.9 Å². The van der Waals surface area contributed by atoms with Crippen LogP contribution in [0.3, 0.4) is 0 Å². The van der Waals surface area contributed by atoms with Gasteiger partial charge in [-0.15, -0.1) is 0 Å². The summed E-state index contributed by atoms with van der Waals surface area (Å²) in [4.78, 5) is 8.43. The molecule has 4 heterocycles. The first kappa shape index (κ1) is 26.4. The first-order valence-corrected chi connectivity index (χ1v) is 15.8. The van der Waals surface area contributed by atoms with Crippen molar-refractivity contribution in [1.82, 2.24) is 38.7 Å². The lowest BCUT2D eigenvalue weighted by Gasteiger charge is -2.17. The minimum absolute atomic E-state index is 0.871. The highest BCUT2D eigenvalue weighted by molar-refractivity contribution is 6.10. The fourth-order valence-corrected chi connectivity index (χ4v) is 7.13. The average Bonchev–Trinajstić information content (AvgIpc) is 3.97. The number of fused-ring (bicyclic) bond motifs is 6. The third kappa shape index (κ3) is 4.03. The van der Waals surface area contributed by atoms with Crippen molar-refractivity contribution in [3.05, 3.63) is 159 Å².